The van der Waals surface area contributed by atoms with Gasteiger partial charge in [0.25, 0.3) is 0 Å². The van der Waals surface area contributed by atoms with Crippen LogP contribution in [0.2, 0.25) is 0 Å². The first-order chi connectivity index (χ1) is 10.1. The van der Waals surface area contributed by atoms with Crippen LogP contribution in [0.25, 0.3) is 0 Å². The van der Waals surface area contributed by atoms with Crippen LogP contribution in [0.3, 0.4) is 0 Å². The molecule has 1 aromatic carbocycles. The number of carbonyl (C=O) groups is 1. The number of nitro groups is 1. The van der Waals surface area contributed by atoms with E-state index in [2.05, 4.69) is 15.6 Å². The molecule has 1 aromatic heterocycles. The first-order valence-corrected chi connectivity index (χ1v) is 7.18. The van der Waals surface area contributed by atoms with Gasteiger partial charge in [-0.2, -0.15) is 0 Å². The monoisotopic (exact) mass is 304 g/mol. The van der Waals surface area contributed by atoms with Gasteiger partial charge >= 0.3 is 11.0 Å². The second-order valence-corrected chi connectivity index (χ2v) is 5.73. The average Bonchev–Trinajstić information content (AvgIpc) is 3.06. The summed E-state index contributed by atoms with van der Waals surface area (Å²) in [7, 11) is 0. The molecule has 8 heteroatoms. The van der Waals surface area contributed by atoms with Crippen molar-refractivity contribution in [3.05, 3.63) is 52.2 Å². The highest BCUT2D eigenvalue weighted by Gasteiger charge is 2.39. The first kappa shape index (κ1) is 13.5. The van der Waals surface area contributed by atoms with Crippen LogP contribution >= 0.6 is 11.3 Å². The number of aromatic nitrogens is 1. The fourth-order valence-corrected chi connectivity index (χ4v) is 2.76. The van der Waals surface area contributed by atoms with E-state index < -0.39 is 4.92 Å². The molecule has 0 unspecified atom stereocenters. The van der Waals surface area contributed by atoms with Gasteiger partial charge in [0.05, 0.1) is 4.92 Å². The van der Waals surface area contributed by atoms with Gasteiger partial charge in [0.2, 0.25) is 0 Å². The highest BCUT2D eigenvalue weighted by atomic mass is 32.1. The minimum absolute atomic E-state index is 0.0983. The molecular weight excluding hydrogens is 292 g/mol. The molecule has 1 saturated carbocycles. The number of urea groups is 1. The summed E-state index contributed by atoms with van der Waals surface area (Å²) in [4.78, 5) is 25.6. The Kier molecular flexibility index (Phi) is 3.53. The van der Waals surface area contributed by atoms with Crippen LogP contribution < -0.4 is 10.6 Å². The molecule has 3 rings (SSSR count). The van der Waals surface area contributed by atoms with Crippen molar-refractivity contribution in [3.63, 3.8) is 0 Å². The summed E-state index contributed by atoms with van der Waals surface area (Å²) in [6.45, 7) is 0. The maximum absolute atomic E-state index is 11.8. The van der Waals surface area contributed by atoms with Crippen LogP contribution in [-0.2, 0) is 0 Å². The van der Waals surface area contributed by atoms with Crippen molar-refractivity contribution < 1.29 is 9.72 Å². The van der Waals surface area contributed by atoms with E-state index in [0.29, 0.717) is 5.92 Å². The standard InChI is InChI=1S/C13H12N4O3S/c18-12(16-13-14-7-11(21-13)17(19)20)15-10-6-9(10)8-4-2-1-3-5-8/h1-5,7,9-10H,6H2,(H2,14,15,16,18)/t9-,10-/m0/s1. The van der Waals surface area contributed by atoms with Crippen LogP contribution in [0, 0.1) is 10.1 Å². The number of carbonyl (C=O) groups excluding carboxylic acids is 1. The Hall–Kier alpha value is -2.48. The van der Waals surface area contributed by atoms with Crippen LogP contribution in [0.5, 0.6) is 0 Å². The topological polar surface area (TPSA) is 97.2 Å². The summed E-state index contributed by atoms with van der Waals surface area (Å²) in [6.07, 6.45) is 2.03. The molecule has 21 heavy (non-hydrogen) atoms. The van der Waals surface area contributed by atoms with Gasteiger partial charge in [-0.25, -0.2) is 9.78 Å². The normalized spacial score (nSPS) is 19.8. The van der Waals surface area contributed by atoms with E-state index in [1.54, 1.807) is 0 Å². The number of hydrogen-bond acceptors (Lipinski definition) is 5. The van der Waals surface area contributed by atoms with Crippen LogP contribution in [0.4, 0.5) is 14.9 Å². The number of hydrogen-bond donors (Lipinski definition) is 2. The first-order valence-electron chi connectivity index (χ1n) is 6.36. The molecule has 1 fully saturated rings. The molecule has 1 aliphatic rings. The van der Waals surface area contributed by atoms with Crippen LogP contribution in [0.15, 0.2) is 36.5 Å². The van der Waals surface area contributed by atoms with E-state index in [9.17, 15) is 14.9 Å². The second-order valence-electron chi connectivity index (χ2n) is 4.72. The molecule has 0 radical (unpaired) electrons. The Morgan fingerprint density at radius 1 is 1.38 bits per heavy atom. The molecule has 7 nitrogen and oxygen atoms in total. The van der Waals surface area contributed by atoms with Crippen molar-refractivity contribution in [2.75, 3.05) is 5.32 Å². The quantitative estimate of drug-likeness (QED) is 0.670. The summed E-state index contributed by atoms with van der Waals surface area (Å²) in [6, 6.07) is 9.68. The number of thiazole rings is 1. The maximum atomic E-state index is 11.8. The summed E-state index contributed by atoms with van der Waals surface area (Å²) in [5.41, 5.74) is 1.20. The van der Waals surface area contributed by atoms with Gasteiger partial charge in [-0.3, -0.25) is 15.4 Å². The van der Waals surface area contributed by atoms with Crippen molar-refractivity contribution in [1.82, 2.24) is 10.3 Å². The number of anilines is 1. The molecule has 0 saturated heterocycles. The Balaban J connectivity index is 1.52. The lowest BCUT2D eigenvalue weighted by Crippen LogP contribution is -2.31. The van der Waals surface area contributed by atoms with E-state index in [1.165, 1.54) is 5.56 Å². The van der Waals surface area contributed by atoms with E-state index >= 15 is 0 Å². The van der Waals surface area contributed by atoms with E-state index in [0.717, 1.165) is 24.0 Å². The number of nitrogens with zero attached hydrogens (tertiary/aromatic N) is 2. The van der Waals surface area contributed by atoms with Crippen molar-refractivity contribution in [1.29, 1.82) is 0 Å². The number of rotatable bonds is 4. The van der Waals surface area contributed by atoms with Crippen molar-refractivity contribution >= 4 is 27.5 Å². The SMILES string of the molecule is O=C(Nc1ncc([N+](=O)[O-])s1)N[C@H]1C[C@H]1c1ccccc1. The molecule has 2 amide bonds. The molecule has 0 spiro atoms. The Labute approximate surface area is 124 Å². The van der Waals surface area contributed by atoms with Gasteiger partial charge in [0, 0.05) is 12.0 Å². The second kappa shape index (κ2) is 5.49. The van der Waals surface area contributed by atoms with E-state index in [4.69, 9.17) is 0 Å². The van der Waals surface area contributed by atoms with E-state index in [-0.39, 0.29) is 22.2 Å². The number of amides is 2. The Morgan fingerprint density at radius 2 is 2.14 bits per heavy atom. The number of benzene rings is 1. The molecule has 2 aromatic rings. The zero-order valence-corrected chi connectivity index (χ0v) is 11.7. The van der Waals surface area contributed by atoms with E-state index in [1.807, 2.05) is 30.3 Å². The highest BCUT2D eigenvalue weighted by Crippen LogP contribution is 2.40. The minimum atomic E-state index is -0.535. The molecule has 108 valence electrons. The predicted octanol–water partition coefficient (Wildman–Crippen LogP) is 2.73. The summed E-state index contributed by atoms with van der Waals surface area (Å²) in [5, 5.41) is 16.0. The largest absolute Gasteiger partial charge is 0.345 e. The van der Waals surface area contributed by atoms with Gasteiger partial charge < -0.3 is 5.32 Å². The van der Waals surface area contributed by atoms with Gasteiger partial charge in [-0.05, 0) is 23.3 Å². The summed E-state index contributed by atoms with van der Waals surface area (Å²) >= 11 is 0.832. The van der Waals surface area contributed by atoms with Crippen LogP contribution in [-0.4, -0.2) is 22.0 Å². The third-order valence-electron chi connectivity index (χ3n) is 3.23. The van der Waals surface area contributed by atoms with Gasteiger partial charge in [-0.15, -0.1) is 0 Å². The van der Waals surface area contributed by atoms with Gasteiger partial charge in [-0.1, -0.05) is 30.3 Å². The Bertz CT molecular complexity index is 673. The molecular formula is C13H12N4O3S. The van der Waals surface area contributed by atoms with Crippen molar-refractivity contribution in [3.8, 4) is 0 Å². The molecule has 1 heterocycles. The predicted molar refractivity (Wildman–Crippen MR) is 78.5 cm³/mol. The zero-order chi connectivity index (χ0) is 14.8. The minimum Gasteiger partial charge on any atom is -0.334 e. The van der Waals surface area contributed by atoms with Crippen molar-refractivity contribution in [2.45, 2.75) is 18.4 Å². The zero-order valence-electron chi connectivity index (χ0n) is 10.9. The average molecular weight is 304 g/mol. The molecule has 2 N–H and O–H groups in total. The van der Waals surface area contributed by atoms with Gasteiger partial charge in [0.15, 0.2) is 5.13 Å². The maximum Gasteiger partial charge on any atom is 0.345 e. The fraction of sp³-hybridized carbons (Fsp3) is 0.231. The number of nitrogens with one attached hydrogen (secondary N) is 2. The smallest absolute Gasteiger partial charge is 0.334 e. The van der Waals surface area contributed by atoms with Crippen molar-refractivity contribution in [2.24, 2.45) is 0 Å². The Morgan fingerprint density at radius 3 is 2.81 bits per heavy atom. The van der Waals surface area contributed by atoms with Crippen LogP contribution in [0.1, 0.15) is 17.9 Å². The summed E-state index contributed by atoms with van der Waals surface area (Å²) in [5.74, 6) is 0.336. The molecule has 0 bridgehead atoms. The fourth-order valence-electron chi connectivity index (χ4n) is 2.13. The molecule has 0 aliphatic heterocycles. The highest BCUT2D eigenvalue weighted by molar-refractivity contribution is 7.18. The summed E-state index contributed by atoms with van der Waals surface area (Å²) < 4.78 is 0. The third-order valence-corrected chi connectivity index (χ3v) is 4.09. The lowest BCUT2D eigenvalue weighted by Gasteiger charge is -2.04. The third kappa shape index (κ3) is 3.16. The lowest BCUT2D eigenvalue weighted by atomic mass is 10.1. The molecule has 1 aliphatic carbocycles. The lowest BCUT2D eigenvalue weighted by molar-refractivity contribution is -0.380. The van der Waals surface area contributed by atoms with Gasteiger partial charge in [0.1, 0.15) is 6.20 Å². The molecule has 2 atom stereocenters.